The summed E-state index contributed by atoms with van der Waals surface area (Å²) >= 11 is 0. The fourth-order valence-electron chi connectivity index (χ4n) is 1.54. The fourth-order valence-corrected chi connectivity index (χ4v) is 1.54. The van der Waals surface area contributed by atoms with Crippen molar-refractivity contribution in [3.8, 4) is 0 Å². The summed E-state index contributed by atoms with van der Waals surface area (Å²) in [6.45, 7) is 7.66. The summed E-state index contributed by atoms with van der Waals surface area (Å²) in [5.74, 6) is -0.187. The summed E-state index contributed by atoms with van der Waals surface area (Å²) < 4.78 is 13.1. The maximum absolute atomic E-state index is 13.1. The summed E-state index contributed by atoms with van der Waals surface area (Å²) in [5.41, 5.74) is 1.79. The lowest BCUT2D eigenvalue weighted by Crippen LogP contribution is -2.14. The van der Waals surface area contributed by atoms with Crippen molar-refractivity contribution in [3.05, 3.63) is 42.2 Å². The Balaban J connectivity index is 2.59. The molecule has 0 aromatic heterocycles. The van der Waals surface area contributed by atoms with Gasteiger partial charge in [-0.15, -0.1) is 6.58 Å². The lowest BCUT2D eigenvalue weighted by molar-refractivity contribution is 0.626. The van der Waals surface area contributed by atoms with Crippen molar-refractivity contribution < 1.29 is 4.39 Å². The maximum Gasteiger partial charge on any atom is 0.125 e. The van der Waals surface area contributed by atoms with Gasteiger partial charge in [0.1, 0.15) is 5.82 Å². The Kier molecular flexibility index (Phi) is 4.35. The molecule has 82 valence electrons. The minimum atomic E-state index is -0.187. The second-order valence-electron chi connectivity index (χ2n) is 3.93. The number of hydrogen-bond acceptors (Lipinski definition) is 1. The van der Waals surface area contributed by atoms with Crippen molar-refractivity contribution >= 4 is 5.69 Å². The van der Waals surface area contributed by atoms with Gasteiger partial charge in [-0.05, 0) is 50.5 Å². The molecule has 1 aromatic carbocycles. The van der Waals surface area contributed by atoms with Crippen molar-refractivity contribution in [2.24, 2.45) is 0 Å². The van der Waals surface area contributed by atoms with E-state index in [9.17, 15) is 4.39 Å². The van der Waals surface area contributed by atoms with Crippen LogP contribution < -0.4 is 5.32 Å². The first-order chi connectivity index (χ1) is 7.11. The summed E-state index contributed by atoms with van der Waals surface area (Å²) in [6.07, 6.45) is 3.89. The van der Waals surface area contributed by atoms with E-state index in [1.54, 1.807) is 0 Å². The quantitative estimate of drug-likeness (QED) is 0.722. The first-order valence-corrected chi connectivity index (χ1v) is 5.26. The van der Waals surface area contributed by atoms with Crippen molar-refractivity contribution in [2.75, 3.05) is 5.32 Å². The van der Waals surface area contributed by atoms with Crippen molar-refractivity contribution in [1.29, 1.82) is 0 Å². The molecule has 0 aliphatic heterocycles. The minimum absolute atomic E-state index is 0.187. The highest BCUT2D eigenvalue weighted by Gasteiger charge is 2.02. The molecule has 1 rings (SSSR count). The average Bonchev–Trinajstić information content (AvgIpc) is 2.13. The van der Waals surface area contributed by atoms with E-state index in [4.69, 9.17) is 0 Å². The molecule has 1 unspecified atom stereocenters. The van der Waals surface area contributed by atoms with Crippen molar-refractivity contribution in [2.45, 2.75) is 32.7 Å². The molecule has 2 heteroatoms. The van der Waals surface area contributed by atoms with Gasteiger partial charge >= 0.3 is 0 Å². The van der Waals surface area contributed by atoms with Gasteiger partial charge in [-0.2, -0.15) is 0 Å². The van der Waals surface area contributed by atoms with Gasteiger partial charge < -0.3 is 5.32 Å². The van der Waals surface area contributed by atoms with E-state index >= 15 is 0 Å². The average molecular weight is 207 g/mol. The van der Waals surface area contributed by atoms with Gasteiger partial charge in [0.25, 0.3) is 0 Å². The third-order valence-corrected chi connectivity index (χ3v) is 2.26. The minimum Gasteiger partial charge on any atom is -0.382 e. The Labute approximate surface area is 91.0 Å². The van der Waals surface area contributed by atoms with Crippen LogP contribution in [0.2, 0.25) is 0 Å². The largest absolute Gasteiger partial charge is 0.382 e. The van der Waals surface area contributed by atoms with E-state index in [1.807, 2.05) is 19.1 Å². The Morgan fingerprint density at radius 1 is 1.47 bits per heavy atom. The lowest BCUT2D eigenvalue weighted by Gasteiger charge is -2.14. The molecular weight excluding hydrogens is 189 g/mol. The third-order valence-electron chi connectivity index (χ3n) is 2.26. The van der Waals surface area contributed by atoms with Crippen molar-refractivity contribution in [1.82, 2.24) is 0 Å². The Hall–Kier alpha value is -1.31. The van der Waals surface area contributed by atoms with Crippen LogP contribution >= 0.6 is 0 Å². The van der Waals surface area contributed by atoms with Gasteiger partial charge in [-0.3, -0.25) is 0 Å². The maximum atomic E-state index is 13.1. The van der Waals surface area contributed by atoms with Gasteiger partial charge in [0.05, 0.1) is 0 Å². The molecule has 0 aliphatic rings. The van der Waals surface area contributed by atoms with Crippen LogP contribution in [0.25, 0.3) is 0 Å². The lowest BCUT2D eigenvalue weighted by atomic mass is 10.1. The number of nitrogens with one attached hydrogen (secondary N) is 1. The van der Waals surface area contributed by atoms with E-state index in [0.717, 1.165) is 24.1 Å². The van der Waals surface area contributed by atoms with Crippen LogP contribution in [-0.4, -0.2) is 6.04 Å². The molecule has 0 heterocycles. The highest BCUT2D eigenvalue weighted by atomic mass is 19.1. The molecule has 1 nitrogen and oxygen atoms in total. The number of aryl methyl sites for hydroxylation is 1. The standard InChI is InChI=1S/C13H18FN/c1-4-5-6-11(3)15-13-8-10(2)7-12(14)9-13/h4,7-9,11,15H,1,5-6H2,2-3H3. The number of rotatable bonds is 5. The van der Waals surface area contributed by atoms with Crippen LogP contribution in [0.4, 0.5) is 10.1 Å². The normalized spacial score (nSPS) is 12.2. The van der Waals surface area contributed by atoms with E-state index in [2.05, 4.69) is 18.8 Å². The molecule has 0 saturated heterocycles. The van der Waals surface area contributed by atoms with Crippen LogP contribution in [0.15, 0.2) is 30.9 Å². The molecule has 0 spiro atoms. The first-order valence-electron chi connectivity index (χ1n) is 5.26. The van der Waals surface area contributed by atoms with Gasteiger partial charge in [0.15, 0.2) is 0 Å². The number of allylic oxidation sites excluding steroid dienone is 1. The summed E-state index contributed by atoms with van der Waals surface area (Å²) in [5, 5.41) is 3.27. The molecule has 1 N–H and O–H groups in total. The molecule has 0 aliphatic carbocycles. The zero-order valence-electron chi connectivity index (χ0n) is 9.39. The van der Waals surface area contributed by atoms with Gasteiger partial charge in [0, 0.05) is 11.7 Å². The molecule has 1 atom stereocenters. The highest BCUT2D eigenvalue weighted by molar-refractivity contribution is 5.46. The molecule has 0 amide bonds. The van der Waals surface area contributed by atoms with Crippen LogP contribution in [0, 0.1) is 12.7 Å². The fraction of sp³-hybridized carbons (Fsp3) is 0.385. The number of hydrogen-bond donors (Lipinski definition) is 1. The molecule has 0 bridgehead atoms. The first kappa shape index (κ1) is 11.8. The zero-order chi connectivity index (χ0) is 11.3. The second-order valence-corrected chi connectivity index (χ2v) is 3.93. The highest BCUT2D eigenvalue weighted by Crippen LogP contribution is 2.15. The Bertz CT molecular complexity index is 313. The third kappa shape index (κ3) is 4.15. The van der Waals surface area contributed by atoms with Crippen LogP contribution in [0.1, 0.15) is 25.3 Å². The summed E-state index contributed by atoms with van der Waals surface area (Å²) in [6, 6.07) is 5.34. The predicted molar refractivity (Wildman–Crippen MR) is 63.7 cm³/mol. The smallest absolute Gasteiger partial charge is 0.125 e. The monoisotopic (exact) mass is 207 g/mol. The summed E-state index contributed by atoms with van der Waals surface area (Å²) in [4.78, 5) is 0. The van der Waals surface area contributed by atoms with E-state index < -0.39 is 0 Å². The van der Waals surface area contributed by atoms with Crippen LogP contribution in [0.3, 0.4) is 0 Å². The van der Waals surface area contributed by atoms with Gasteiger partial charge in [-0.25, -0.2) is 4.39 Å². The molecule has 0 radical (unpaired) electrons. The number of halogens is 1. The number of benzene rings is 1. The molecule has 0 saturated carbocycles. The van der Waals surface area contributed by atoms with Gasteiger partial charge in [0.2, 0.25) is 0 Å². The predicted octanol–water partition coefficient (Wildman–Crippen LogP) is 3.90. The molecule has 1 aromatic rings. The van der Waals surface area contributed by atoms with E-state index in [-0.39, 0.29) is 5.82 Å². The number of anilines is 1. The Morgan fingerprint density at radius 3 is 2.80 bits per heavy atom. The molecule has 0 fully saturated rings. The van der Waals surface area contributed by atoms with Crippen LogP contribution in [-0.2, 0) is 0 Å². The molecular formula is C13H18FN. The zero-order valence-corrected chi connectivity index (χ0v) is 9.39. The van der Waals surface area contributed by atoms with Gasteiger partial charge in [-0.1, -0.05) is 6.08 Å². The van der Waals surface area contributed by atoms with E-state index in [0.29, 0.717) is 6.04 Å². The Morgan fingerprint density at radius 2 is 2.20 bits per heavy atom. The van der Waals surface area contributed by atoms with Crippen molar-refractivity contribution in [3.63, 3.8) is 0 Å². The SMILES string of the molecule is C=CCCC(C)Nc1cc(C)cc(F)c1. The second kappa shape index (κ2) is 5.54. The van der Waals surface area contributed by atoms with Crippen LogP contribution in [0.5, 0.6) is 0 Å². The van der Waals surface area contributed by atoms with E-state index in [1.165, 1.54) is 12.1 Å². The summed E-state index contributed by atoms with van der Waals surface area (Å²) in [7, 11) is 0. The molecule has 15 heavy (non-hydrogen) atoms. The topological polar surface area (TPSA) is 12.0 Å².